The van der Waals surface area contributed by atoms with Gasteiger partial charge in [0, 0.05) is 0 Å². The Labute approximate surface area is 124 Å². The number of hydrogen-bond donors (Lipinski definition) is 1. The van der Waals surface area contributed by atoms with Crippen molar-refractivity contribution < 1.29 is 5.11 Å². The van der Waals surface area contributed by atoms with Gasteiger partial charge in [0.1, 0.15) is 0 Å². The number of aliphatic hydroxyl groups excluding tert-OH is 1. The molecule has 0 amide bonds. The van der Waals surface area contributed by atoms with Crippen LogP contribution in [0.3, 0.4) is 0 Å². The van der Waals surface area contributed by atoms with Gasteiger partial charge in [-0.3, -0.25) is 0 Å². The first kappa shape index (κ1) is 15.6. The minimum absolute atomic E-state index is 0.0990. The van der Waals surface area contributed by atoms with Gasteiger partial charge in [0.2, 0.25) is 0 Å². The van der Waals surface area contributed by atoms with E-state index in [9.17, 15) is 5.11 Å². The number of hydrogen-bond acceptors (Lipinski definition) is 1. The molecule has 112 valence electrons. The van der Waals surface area contributed by atoms with Gasteiger partial charge in [-0.05, 0) is 36.3 Å². The molecule has 0 radical (unpaired) electrons. The summed E-state index contributed by atoms with van der Waals surface area (Å²) in [6.07, 6.45) is 12.3. The van der Waals surface area contributed by atoms with Crippen molar-refractivity contribution in [1.29, 1.82) is 0 Å². The fraction of sp³-hybridized carbons (Fsp3) is 0.684. The van der Waals surface area contributed by atoms with Gasteiger partial charge in [-0.1, -0.05) is 76.1 Å². The second-order valence-corrected chi connectivity index (χ2v) is 6.41. The Bertz CT molecular complexity index is 360. The second kappa shape index (κ2) is 8.46. The minimum atomic E-state index is -0.0990. The maximum absolute atomic E-state index is 10.4. The maximum Gasteiger partial charge on any atom is 0.0574 e. The second-order valence-electron chi connectivity index (χ2n) is 6.41. The summed E-state index contributed by atoms with van der Waals surface area (Å²) in [4.78, 5) is 0. The Balaban J connectivity index is 1.59. The molecule has 1 heteroatoms. The van der Waals surface area contributed by atoms with Gasteiger partial charge in [0.15, 0.2) is 0 Å². The van der Waals surface area contributed by atoms with Crippen LogP contribution in [0.5, 0.6) is 0 Å². The van der Waals surface area contributed by atoms with Crippen LogP contribution >= 0.6 is 0 Å². The molecule has 1 unspecified atom stereocenters. The molecule has 1 atom stereocenters. The smallest absolute Gasteiger partial charge is 0.0574 e. The van der Waals surface area contributed by atoms with Crippen LogP contribution in [0.15, 0.2) is 24.3 Å². The summed E-state index contributed by atoms with van der Waals surface area (Å²) in [5.74, 6) is 0.465. The molecule has 1 nitrogen and oxygen atoms in total. The lowest BCUT2D eigenvalue weighted by Gasteiger charge is -2.17. The predicted octanol–water partition coefficient (Wildman–Crippen LogP) is 4.90. The summed E-state index contributed by atoms with van der Waals surface area (Å²) in [5, 5.41) is 10.4. The van der Waals surface area contributed by atoms with E-state index in [0.29, 0.717) is 5.92 Å². The zero-order chi connectivity index (χ0) is 14.2. The fourth-order valence-corrected chi connectivity index (χ4v) is 3.41. The van der Waals surface area contributed by atoms with Crippen molar-refractivity contribution in [2.75, 3.05) is 0 Å². The molecule has 0 fully saturated rings. The summed E-state index contributed by atoms with van der Waals surface area (Å²) in [6, 6.07) is 8.67. The summed E-state index contributed by atoms with van der Waals surface area (Å²) in [6.45, 7) is 2.26. The number of rotatable bonds is 9. The van der Waals surface area contributed by atoms with Crippen LogP contribution in [0.4, 0.5) is 0 Å². The van der Waals surface area contributed by atoms with Crippen molar-refractivity contribution in [3.05, 3.63) is 35.4 Å². The molecule has 0 bridgehead atoms. The number of aliphatic hydroxyl groups is 1. The normalized spacial score (nSPS) is 16.3. The first-order valence-corrected chi connectivity index (χ1v) is 8.56. The highest BCUT2D eigenvalue weighted by molar-refractivity contribution is 5.32. The minimum Gasteiger partial charge on any atom is -0.393 e. The summed E-state index contributed by atoms with van der Waals surface area (Å²) < 4.78 is 0. The molecule has 2 rings (SSSR count). The van der Waals surface area contributed by atoms with Crippen LogP contribution in [0.2, 0.25) is 0 Å². The molecule has 0 aromatic heterocycles. The molecular weight excluding hydrogens is 244 g/mol. The average molecular weight is 274 g/mol. The van der Waals surface area contributed by atoms with Gasteiger partial charge in [-0.25, -0.2) is 0 Å². The number of unbranched alkanes of at least 4 members (excludes halogenated alkanes) is 6. The van der Waals surface area contributed by atoms with E-state index in [0.717, 1.165) is 19.3 Å². The van der Waals surface area contributed by atoms with Gasteiger partial charge in [-0.2, -0.15) is 0 Å². The van der Waals surface area contributed by atoms with Crippen LogP contribution in [0, 0.1) is 5.92 Å². The molecule has 1 aromatic rings. The van der Waals surface area contributed by atoms with E-state index in [1.54, 1.807) is 0 Å². The van der Waals surface area contributed by atoms with Gasteiger partial charge in [-0.15, -0.1) is 0 Å². The van der Waals surface area contributed by atoms with Crippen molar-refractivity contribution >= 4 is 0 Å². The zero-order valence-corrected chi connectivity index (χ0v) is 13.0. The van der Waals surface area contributed by atoms with E-state index < -0.39 is 0 Å². The first-order valence-electron chi connectivity index (χ1n) is 8.56. The Morgan fingerprint density at radius 1 is 0.950 bits per heavy atom. The van der Waals surface area contributed by atoms with E-state index in [-0.39, 0.29) is 6.10 Å². The standard InChI is InChI=1S/C19H30O/c1-2-3-4-5-6-7-8-13-19(20)18-14-16-11-9-10-12-17(16)15-18/h9-12,18-20H,2-8,13-15H2,1H3. The van der Waals surface area contributed by atoms with Crippen LogP contribution in [-0.2, 0) is 12.8 Å². The molecule has 20 heavy (non-hydrogen) atoms. The molecule has 1 aliphatic rings. The van der Waals surface area contributed by atoms with Gasteiger partial charge in [0.25, 0.3) is 0 Å². The highest BCUT2D eigenvalue weighted by Crippen LogP contribution is 2.30. The lowest BCUT2D eigenvalue weighted by atomic mass is 9.94. The molecule has 1 aromatic carbocycles. The number of benzene rings is 1. The van der Waals surface area contributed by atoms with Crippen molar-refractivity contribution in [3.63, 3.8) is 0 Å². The molecule has 0 saturated heterocycles. The topological polar surface area (TPSA) is 20.2 Å². The Kier molecular flexibility index (Phi) is 6.59. The third-order valence-corrected chi connectivity index (χ3v) is 4.73. The quantitative estimate of drug-likeness (QED) is 0.635. The molecular formula is C19H30O. The molecule has 1 N–H and O–H groups in total. The Morgan fingerprint density at radius 3 is 2.10 bits per heavy atom. The lowest BCUT2D eigenvalue weighted by molar-refractivity contribution is 0.101. The average Bonchev–Trinajstić information content (AvgIpc) is 2.90. The highest BCUT2D eigenvalue weighted by atomic mass is 16.3. The largest absolute Gasteiger partial charge is 0.393 e. The van der Waals surface area contributed by atoms with Gasteiger partial charge < -0.3 is 5.11 Å². The predicted molar refractivity (Wildman–Crippen MR) is 86.0 cm³/mol. The SMILES string of the molecule is CCCCCCCCCC(O)C1Cc2ccccc2C1. The van der Waals surface area contributed by atoms with Crippen LogP contribution in [-0.4, -0.2) is 11.2 Å². The molecule has 1 aliphatic carbocycles. The third kappa shape index (κ3) is 4.63. The van der Waals surface area contributed by atoms with E-state index in [1.165, 1.54) is 56.1 Å². The Hall–Kier alpha value is -0.820. The zero-order valence-electron chi connectivity index (χ0n) is 13.0. The maximum atomic E-state index is 10.4. The summed E-state index contributed by atoms with van der Waals surface area (Å²) in [7, 11) is 0. The molecule has 0 spiro atoms. The van der Waals surface area contributed by atoms with Gasteiger partial charge in [0.05, 0.1) is 6.10 Å². The fourth-order valence-electron chi connectivity index (χ4n) is 3.41. The van der Waals surface area contributed by atoms with E-state index in [4.69, 9.17) is 0 Å². The van der Waals surface area contributed by atoms with Crippen LogP contribution < -0.4 is 0 Å². The third-order valence-electron chi connectivity index (χ3n) is 4.73. The molecule has 0 heterocycles. The Morgan fingerprint density at radius 2 is 1.50 bits per heavy atom. The van der Waals surface area contributed by atoms with Crippen molar-refractivity contribution in [2.24, 2.45) is 5.92 Å². The van der Waals surface area contributed by atoms with E-state index >= 15 is 0 Å². The van der Waals surface area contributed by atoms with Crippen LogP contribution in [0.25, 0.3) is 0 Å². The van der Waals surface area contributed by atoms with Gasteiger partial charge >= 0.3 is 0 Å². The molecule has 0 saturated carbocycles. The summed E-state index contributed by atoms with van der Waals surface area (Å²) in [5.41, 5.74) is 2.91. The van der Waals surface area contributed by atoms with Crippen LogP contribution in [0.1, 0.15) is 69.4 Å². The van der Waals surface area contributed by atoms with Crippen molar-refractivity contribution in [2.45, 2.75) is 77.2 Å². The van der Waals surface area contributed by atoms with Crippen molar-refractivity contribution in [3.8, 4) is 0 Å². The summed E-state index contributed by atoms with van der Waals surface area (Å²) >= 11 is 0. The highest BCUT2D eigenvalue weighted by Gasteiger charge is 2.26. The van der Waals surface area contributed by atoms with Crippen molar-refractivity contribution in [1.82, 2.24) is 0 Å². The van der Waals surface area contributed by atoms with E-state index in [2.05, 4.69) is 31.2 Å². The molecule has 0 aliphatic heterocycles. The van der Waals surface area contributed by atoms with E-state index in [1.807, 2.05) is 0 Å². The lowest BCUT2D eigenvalue weighted by Crippen LogP contribution is -2.20. The number of fused-ring (bicyclic) bond motifs is 1. The monoisotopic (exact) mass is 274 g/mol. The first-order chi connectivity index (χ1) is 9.81.